The summed E-state index contributed by atoms with van der Waals surface area (Å²) in [5, 5.41) is 3.90. The van der Waals surface area contributed by atoms with Gasteiger partial charge in [0.05, 0.1) is 16.8 Å². The molecule has 4 aromatic rings. The van der Waals surface area contributed by atoms with Crippen LogP contribution in [0.25, 0.3) is 22.2 Å². The minimum Gasteiger partial charge on any atom is -0.325 e. The van der Waals surface area contributed by atoms with Crippen LogP contribution in [0.3, 0.4) is 0 Å². The second-order valence-corrected chi connectivity index (χ2v) is 5.75. The molecule has 0 aliphatic rings. The summed E-state index contributed by atoms with van der Waals surface area (Å²) in [6.45, 7) is 0. The third-order valence-corrected chi connectivity index (χ3v) is 3.92. The lowest BCUT2D eigenvalue weighted by atomic mass is 10.1. The van der Waals surface area contributed by atoms with Gasteiger partial charge in [0.15, 0.2) is 0 Å². The van der Waals surface area contributed by atoms with Gasteiger partial charge in [0, 0.05) is 29.4 Å². The van der Waals surface area contributed by atoms with Crippen LogP contribution >= 0.6 is 0 Å². The number of hydrogen-bond acceptors (Lipinski definition) is 5. The van der Waals surface area contributed by atoms with Gasteiger partial charge in [-0.3, -0.25) is 4.98 Å². The van der Waals surface area contributed by atoms with Crippen molar-refractivity contribution in [3.8, 4) is 11.3 Å². The number of fused-ring (bicyclic) bond motifs is 1. The van der Waals surface area contributed by atoms with E-state index in [1.165, 1.54) is 12.4 Å². The molecule has 3 heterocycles. The fraction of sp³-hybridized carbons (Fsp3) is 0.0526. The van der Waals surface area contributed by atoms with E-state index in [9.17, 15) is 13.2 Å². The molecule has 0 unspecified atom stereocenters. The number of alkyl halides is 3. The normalized spacial score (nSPS) is 11.5. The summed E-state index contributed by atoms with van der Waals surface area (Å²) in [6.07, 6.45) is -0.545. The Morgan fingerprint density at radius 3 is 2.48 bits per heavy atom. The van der Waals surface area contributed by atoms with Crippen molar-refractivity contribution >= 4 is 22.5 Å². The molecule has 27 heavy (non-hydrogen) atoms. The molecule has 0 spiro atoms. The first-order chi connectivity index (χ1) is 13.0. The van der Waals surface area contributed by atoms with Gasteiger partial charge in [-0.15, -0.1) is 0 Å². The Kier molecular flexibility index (Phi) is 4.15. The van der Waals surface area contributed by atoms with E-state index in [0.29, 0.717) is 11.5 Å². The molecule has 0 fully saturated rings. The first kappa shape index (κ1) is 16.9. The molecule has 3 aromatic heterocycles. The van der Waals surface area contributed by atoms with Crippen molar-refractivity contribution in [1.29, 1.82) is 0 Å². The molecule has 1 aromatic carbocycles. The molecular weight excluding hydrogens is 355 g/mol. The molecule has 0 saturated heterocycles. The van der Waals surface area contributed by atoms with Crippen molar-refractivity contribution < 1.29 is 13.2 Å². The van der Waals surface area contributed by atoms with Gasteiger partial charge in [-0.05, 0) is 24.3 Å². The van der Waals surface area contributed by atoms with Gasteiger partial charge in [0.1, 0.15) is 18.0 Å². The Labute approximate surface area is 152 Å². The molecule has 0 saturated carbocycles. The molecule has 0 bridgehead atoms. The van der Waals surface area contributed by atoms with Gasteiger partial charge in [-0.1, -0.05) is 18.2 Å². The summed E-state index contributed by atoms with van der Waals surface area (Å²) in [6, 6.07) is 13.5. The molecular formula is C19H12F3N5. The van der Waals surface area contributed by atoms with Crippen LogP contribution in [0.2, 0.25) is 0 Å². The number of rotatable bonds is 3. The molecule has 1 N–H and O–H groups in total. The van der Waals surface area contributed by atoms with Gasteiger partial charge in [0.25, 0.3) is 0 Å². The standard InChI is InChI=1S/C19H12F3N5/c20-19(21,22)14-5-6-17(24-10-14)27-18-9-16(25-11-26-18)13-4-3-12-2-1-7-23-15(12)8-13/h1-11H,(H,24,25,26,27). The minimum absolute atomic E-state index is 0.257. The van der Waals surface area contributed by atoms with Crippen LogP contribution in [-0.2, 0) is 6.18 Å². The molecule has 0 radical (unpaired) electrons. The highest BCUT2D eigenvalue weighted by atomic mass is 19.4. The molecule has 0 aliphatic heterocycles. The summed E-state index contributed by atoms with van der Waals surface area (Å²) in [5.41, 5.74) is 1.55. The van der Waals surface area contributed by atoms with Crippen LogP contribution in [0.1, 0.15) is 5.56 Å². The summed E-state index contributed by atoms with van der Waals surface area (Å²) >= 11 is 0. The summed E-state index contributed by atoms with van der Waals surface area (Å²) in [4.78, 5) is 16.5. The third-order valence-electron chi connectivity index (χ3n) is 3.92. The topological polar surface area (TPSA) is 63.6 Å². The highest BCUT2D eigenvalue weighted by Gasteiger charge is 2.30. The highest BCUT2D eigenvalue weighted by molar-refractivity contribution is 5.83. The van der Waals surface area contributed by atoms with Crippen molar-refractivity contribution in [3.63, 3.8) is 0 Å². The summed E-state index contributed by atoms with van der Waals surface area (Å²) < 4.78 is 37.8. The van der Waals surface area contributed by atoms with E-state index in [4.69, 9.17) is 0 Å². The van der Waals surface area contributed by atoms with E-state index in [1.54, 1.807) is 12.3 Å². The lowest BCUT2D eigenvalue weighted by Gasteiger charge is -2.09. The van der Waals surface area contributed by atoms with Gasteiger partial charge >= 0.3 is 6.18 Å². The first-order valence-corrected chi connectivity index (χ1v) is 7.96. The van der Waals surface area contributed by atoms with Crippen LogP contribution < -0.4 is 5.32 Å². The van der Waals surface area contributed by atoms with E-state index in [0.717, 1.165) is 28.7 Å². The highest BCUT2D eigenvalue weighted by Crippen LogP contribution is 2.29. The maximum absolute atomic E-state index is 12.6. The molecule has 8 heteroatoms. The number of benzene rings is 1. The van der Waals surface area contributed by atoms with Gasteiger partial charge in [0.2, 0.25) is 0 Å². The van der Waals surface area contributed by atoms with E-state index in [1.807, 2.05) is 30.3 Å². The van der Waals surface area contributed by atoms with Crippen molar-refractivity contribution in [2.75, 3.05) is 5.32 Å². The minimum atomic E-state index is -4.42. The van der Waals surface area contributed by atoms with Crippen LogP contribution in [0.5, 0.6) is 0 Å². The summed E-state index contributed by atoms with van der Waals surface area (Å²) in [7, 11) is 0. The van der Waals surface area contributed by atoms with Gasteiger partial charge < -0.3 is 5.32 Å². The number of nitrogens with zero attached hydrogens (tertiary/aromatic N) is 4. The Morgan fingerprint density at radius 2 is 1.70 bits per heavy atom. The fourth-order valence-corrected chi connectivity index (χ4v) is 2.58. The van der Waals surface area contributed by atoms with Crippen LogP contribution in [-0.4, -0.2) is 19.9 Å². The van der Waals surface area contributed by atoms with Crippen molar-refractivity contribution in [2.45, 2.75) is 6.18 Å². The Hall–Kier alpha value is -3.55. The third kappa shape index (κ3) is 3.69. The molecule has 4 rings (SSSR count). The largest absolute Gasteiger partial charge is 0.417 e. The number of anilines is 2. The summed E-state index contributed by atoms with van der Waals surface area (Å²) in [5.74, 6) is 0.682. The van der Waals surface area contributed by atoms with Gasteiger partial charge in [-0.2, -0.15) is 13.2 Å². The fourth-order valence-electron chi connectivity index (χ4n) is 2.58. The second kappa shape index (κ2) is 6.64. The van der Waals surface area contributed by atoms with Gasteiger partial charge in [-0.25, -0.2) is 15.0 Å². The van der Waals surface area contributed by atoms with E-state index in [-0.39, 0.29) is 5.82 Å². The Morgan fingerprint density at radius 1 is 0.815 bits per heavy atom. The average molecular weight is 367 g/mol. The number of pyridine rings is 2. The second-order valence-electron chi connectivity index (χ2n) is 5.75. The van der Waals surface area contributed by atoms with E-state index >= 15 is 0 Å². The van der Waals surface area contributed by atoms with Crippen LogP contribution in [0.15, 0.2) is 67.3 Å². The number of nitrogens with one attached hydrogen (secondary N) is 1. The Bertz CT molecular complexity index is 1090. The number of halogens is 3. The van der Waals surface area contributed by atoms with Crippen LogP contribution in [0.4, 0.5) is 24.8 Å². The molecule has 5 nitrogen and oxygen atoms in total. The molecule has 0 aliphatic carbocycles. The number of hydrogen-bond donors (Lipinski definition) is 1. The van der Waals surface area contributed by atoms with Crippen molar-refractivity contribution in [1.82, 2.24) is 19.9 Å². The zero-order valence-electron chi connectivity index (χ0n) is 13.8. The number of aromatic nitrogens is 4. The molecule has 0 atom stereocenters. The zero-order valence-corrected chi connectivity index (χ0v) is 13.8. The zero-order chi connectivity index (χ0) is 18.9. The van der Waals surface area contributed by atoms with Crippen molar-refractivity contribution in [2.24, 2.45) is 0 Å². The monoisotopic (exact) mass is 367 g/mol. The molecule has 0 amide bonds. The predicted molar refractivity (Wildman–Crippen MR) is 95.3 cm³/mol. The quantitative estimate of drug-likeness (QED) is 0.561. The lowest BCUT2D eigenvalue weighted by Crippen LogP contribution is -2.06. The van der Waals surface area contributed by atoms with Crippen molar-refractivity contribution in [3.05, 3.63) is 72.8 Å². The smallest absolute Gasteiger partial charge is 0.325 e. The molecule has 134 valence electrons. The van der Waals surface area contributed by atoms with E-state index in [2.05, 4.69) is 25.3 Å². The Balaban J connectivity index is 1.60. The maximum Gasteiger partial charge on any atom is 0.417 e. The average Bonchev–Trinajstić information content (AvgIpc) is 2.67. The lowest BCUT2D eigenvalue weighted by molar-refractivity contribution is -0.137. The first-order valence-electron chi connectivity index (χ1n) is 7.96. The van der Waals surface area contributed by atoms with Crippen LogP contribution in [0, 0.1) is 0 Å². The maximum atomic E-state index is 12.6. The SMILES string of the molecule is FC(F)(F)c1ccc(Nc2cc(-c3ccc4cccnc4c3)ncn2)nc1. The van der Waals surface area contributed by atoms with E-state index < -0.39 is 11.7 Å². The predicted octanol–water partition coefficient (Wildman–Crippen LogP) is 4.85.